The summed E-state index contributed by atoms with van der Waals surface area (Å²) in [5.74, 6) is -3.46. The van der Waals surface area contributed by atoms with Gasteiger partial charge in [-0.1, -0.05) is 57.2 Å². The van der Waals surface area contributed by atoms with Crippen molar-refractivity contribution in [3.05, 3.63) is 64.7 Å². The molecule has 1 unspecified atom stereocenters. The molecule has 0 saturated carbocycles. The minimum absolute atomic E-state index is 0.0278. The van der Waals surface area contributed by atoms with Crippen LogP contribution in [0, 0.1) is 12.8 Å². The number of aromatic hydroxyl groups is 1. The summed E-state index contributed by atoms with van der Waals surface area (Å²) in [6.07, 6.45) is 1.84. The number of phenolic OH excluding ortho intramolecular Hbond substituents is 1. The first-order valence-corrected chi connectivity index (χ1v) is 9.89. The molecule has 3 N–H and O–H groups in total. The summed E-state index contributed by atoms with van der Waals surface area (Å²) in [4.78, 5) is 22.2. The molecule has 0 aliphatic carbocycles. The molecule has 0 bridgehead atoms. The van der Waals surface area contributed by atoms with Crippen LogP contribution in [0.15, 0.2) is 42.5 Å². The monoisotopic (exact) mass is 398 g/mol. The van der Waals surface area contributed by atoms with Crippen molar-refractivity contribution < 1.29 is 24.9 Å². The standard InChI is InChI=1S/C24H30O5/c1-5-17(14-24(3,4)19-10-11-21(25)15(2)12-19)18-8-6-16(7-9-18)13-20(22(26)27)23(28)29/h6-12,17,20,25H,5,13-14H2,1-4H3,(H,26,27)(H,28,29). The minimum Gasteiger partial charge on any atom is -0.508 e. The summed E-state index contributed by atoms with van der Waals surface area (Å²) >= 11 is 0. The molecule has 1 atom stereocenters. The minimum atomic E-state index is -1.43. The number of carboxylic acid groups (broad SMARTS) is 2. The molecule has 0 spiro atoms. The second kappa shape index (κ2) is 9.12. The van der Waals surface area contributed by atoms with Crippen LogP contribution in [-0.2, 0) is 21.4 Å². The summed E-state index contributed by atoms with van der Waals surface area (Å²) in [5, 5.41) is 27.9. The van der Waals surface area contributed by atoms with E-state index in [1.807, 2.05) is 43.3 Å². The zero-order valence-corrected chi connectivity index (χ0v) is 17.5. The average molecular weight is 398 g/mol. The Kier molecular flexibility index (Phi) is 7.07. The molecule has 156 valence electrons. The predicted molar refractivity (Wildman–Crippen MR) is 112 cm³/mol. The first-order valence-electron chi connectivity index (χ1n) is 9.89. The molecule has 0 heterocycles. The molecule has 5 nitrogen and oxygen atoms in total. The number of benzene rings is 2. The van der Waals surface area contributed by atoms with Gasteiger partial charge in [-0.05, 0) is 65.8 Å². The molecular formula is C24H30O5. The van der Waals surface area contributed by atoms with Crippen LogP contribution in [0.2, 0.25) is 0 Å². The zero-order chi connectivity index (χ0) is 21.8. The van der Waals surface area contributed by atoms with Crippen molar-refractivity contribution in [3.63, 3.8) is 0 Å². The molecule has 2 rings (SSSR count). The van der Waals surface area contributed by atoms with Gasteiger partial charge >= 0.3 is 11.9 Å². The van der Waals surface area contributed by atoms with Crippen molar-refractivity contribution in [1.82, 2.24) is 0 Å². The molecule has 0 fully saturated rings. The Morgan fingerprint density at radius 2 is 1.59 bits per heavy atom. The summed E-state index contributed by atoms with van der Waals surface area (Å²) < 4.78 is 0. The molecular weight excluding hydrogens is 368 g/mol. The van der Waals surface area contributed by atoms with Gasteiger partial charge in [0.2, 0.25) is 0 Å². The number of rotatable bonds is 9. The topological polar surface area (TPSA) is 94.8 Å². The fraction of sp³-hybridized carbons (Fsp3) is 0.417. The molecule has 0 radical (unpaired) electrons. The smallest absolute Gasteiger partial charge is 0.318 e. The molecule has 5 heteroatoms. The molecule has 2 aromatic carbocycles. The summed E-state index contributed by atoms with van der Waals surface area (Å²) in [5.41, 5.74) is 3.80. The Labute approximate surface area is 172 Å². The second-order valence-corrected chi connectivity index (χ2v) is 8.37. The summed E-state index contributed by atoms with van der Waals surface area (Å²) in [7, 11) is 0. The lowest BCUT2D eigenvalue weighted by molar-refractivity contribution is -0.154. The Morgan fingerprint density at radius 1 is 1.00 bits per heavy atom. The second-order valence-electron chi connectivity index (χ2n) is 8.37. The number of aliphatic carboxylic acids is 2. The van der Waals surface area contributed by atoms with Crippen LogP contribution < -0.4 is 0 Å². The van der Waals surface area contributed by atoms with Gasteiger partial charge in [-0.2, -0.15) is 0 Å². The van der Waals surface area contributed by atoms with Crippen LogP contribution in [0.1, 0.15) is 61.8 Å². The lowest BCUT2D eigenvalue weighted by Crippen LogP contribution is -2.25. The van der Waals surface area contributed by atoms with E-state index >= 15 is 0 Å². The van der Waals surface area contributed by atoms with E-state index in [4.69, 9.17) is 10.2 Å². The number of phenols is 1. The van der Waals surface area contributed by atoms with E-state index in [0.717, 1.165) is 24.0 Å². The first kappa shape index (κ1) is 22.5. The third-order valence-corrected chi connectivity index (χ3v) is 5.71. The molecule has 0 saturated heterocycles. The summed E-state index contributed by atoms with van der Waals surface area (Å²) in [6, 6.07) is 13.3. The Hall–Kier alpha value is -2.82. The maximum atomic E-state index is 11.1. The van der Waals surface area contributed by atoms with Crippen LogP contribution in [0.3, 0.4) is 0 Å². The third kappa shape index (κ3) is 5.59. The van der Waals surface area contributed by atoms with Crippen LogP contribution in [0.4, 0.5) is 0 Å². The van der Waals surface area contributed by atoms with Gasteiger partial charge in [-0.25, -0.2) is 0 Å². The van der Waals surface area contributed by atoms with Crippen molar-refractivity contribution in [2.24, 2.45) is 5.92 Å². The molecule has 0 aliphatic rings. The van der Waals surface area contributed by atoms with Crippen LogP contribution >= 0.6 is 0 Å². The van der Waals surface area contributed by atoms with Crippen molar-refractivity contribution in [2.75, 3.05) is 0 Å². The van der Waals surface area contributed by atoms with Gasteiger partial charge in [0.05, 0.1) is 0 Å². The van der Waals surface area contributed by atoms with Crippen LogP contribution in [0.25, 0.3) is 0 Å². The first-order chi connectivity index (χ1) is 13.5. The van der Waals surface area contributed by atoms with E-state index in [-0.39, 0.29) is 11.8 Å². The molecule has 29 heavy (non-hydrogen) atoms. The largest absolute Gasteiger partial charge is 0.508 e. The normalized spacial score (nSPS) is 12.7. The highest BCUT2D eigenvalue weighted by Crippen LogP contribution is 2.38. The summed E-state index contributed by atoms with van der Waals surface area (Å²) in [6.45, 7) is 8.43. The van der Waals surface area contributed by atoms with E-state index in [1.165, 1.54) is 5.56 Å². The maximum Gasteiger partial charge on any atom is 0.318 e. The van der Waals surface area contributed by atoms with E-state index in [1.54, 1.807) is 6.07 Å². The highest BCUT2D eigenvalue weighted by Gasteiger charge is 2.27. The lowest BCUT2D eigenvalue weighted by Gasteiger charge is -2.31. The van der Waals surface area contributed by atoms with Gasteiger partial charge in [-0.3, -0.25) is 9.59 Å². The van der Waals surface area contributed by atoms with E-state index in [0.29, 0.717) is 17.2 Å². The third-order valence-electron chi connectivity index (χ3n) is 5.71. The van der Waals surface area contributed by atoms with E-state index in [9.17, 15) is 14.7 Å². The average Bonchev–Trinajstić information content (AvgIpc) is 2.66. The predicted octanol–water partition coefficient (Wildman–Crippen LogP) is 4.89. The van der Waals surface area contributed by atoms with Crippen LogP contribution in [-0.4, -0.2) is 27.3 Å². The van der Waals surface area contributed by atoms with Gasteiger partial charge in [0.25, 0.3) is 0 Å². The van der Waals surface area contributed by atoms with Crippen molar-refractivity contribution in [1.29, 1.82) is 0 Å². The Bertz CT molecular complexity index is 853. The zero-order valence-electron chi connectivity index (χ0n) is 17.5. The van der Waals surface area contributed by atoms with Gasteiger partial charge in [0.15, 0.2) is 5.92 Å². The van der Waals surface area contributed by atoms with Gasteiger partial charge in [-0.15, -0.1) is 0 Å². The maximum absolute atomic E-state index is 11.1. The van der Waals surface area contributed by atoms with E-state index in [2.05, 4.69) is 20.8 Å². The van der Waals surface area contributed by atoms with Gasteiger partial charge < -0.3 is 15.3 Å². The van der Waals surface area contributed by atoms with Gasteiger partial charge in [0.1, 0.15) is 5.75 Å². The van der Waals surface area contributed by atoms with Gasteiger partial charge in [0, 0.05) is 0 Å². The highest BCUT2D eigenvalue weighted by atomic mass is 16.4. The fourth-order valence-corrected chi connectivity index (χ4v) is 3.75. The fourth-order valence-electron chi connectivity index (χ4n) is 3.75. The SMILES string of the molecule is CCC(CC(C)(C)c1ccc(O)c(C)c1)c1ccc(CC(C(=O)O)C(=O)O)cc1. The lowest BCUT2D eigenvalue weighted by atomic mass is 9.74. The number of carboxylic acids is 2. The van der Waals surface area contributed by atoms with Crippen molar-refractivity contribution >= 4 is 11.9 Å². The highest BCUT2D eigenvalue weighted by molar-refractivity contribution is 5.93. The van der Waals surface area contributed by atoms with Crippen molar-refractivity contribution in [3.8, 4) is 5.75 Å². The van der Waals surface area contributed by atoms with E-state index < -0.39 is 17.9 Å². The van der Waals surface area contributed by atoms with Crippen molar-refractivity contribution in [2.45, 2.75) is 58.3 Å². The number of aryl methyl sites for hydroxylation is 1. The number of carbonyl (C=O) groups is 2. The Balaban J connectivity index is 2.17. The Morgan fingerprint density at radius 3 is 2.07 bits per heavy atom. The van der Waals surface area contributed by atoms with Crippen LogP contribution in [0.5, 0.6) is 5.75 Å². The molecule has 0 aromatic heterocycles. The number of hydrogen-bond acceptors (Lipinski definition) is 3. The molecule has 2 aromatic rings. The number of hydrogen-bond donors (Lipinski definition) is 3. The molecule has 0 amide bonds. The molecule has 0 aliphatic heterocycles. The quantitative estimate of drug-likeness (QED) is 0.523.